The Morgan fingerprint density at radius 2 is 1.65 bits per heavy atom. The van der Waals surface area contributed by atoms with Gasteiger partial charge in [-0.1, -0.05) is 6.07 Å². The smallest absolute Gasteiger partial charge is 0.203 e. The van der Waals surface area contributed by atoms with Gasteiger partial charge >= 0.3 is 0 Å². The molecule has 0 fully saturated rings. The first-order chi connectivity index (χ1) is 12.6. The van der Waals surface area contributed by atoms with Gasteiger partial charge in [0.15, 0.2) is 17.3 Å². The van der Waals surface area contributed by atoms with E-state index in [1.54, 1.807) is 19.1 Å². The average Bonchev–Trinajstić information content (AvgIpc) is 3.13. The Hall–Kier alpha value is -3.21. The summed E-state index contributed by atoms with van der Waals surface area (Å²) in [5.41, 5.74) is 3.14. The number of aromatic nitrogens is 1. The van der Waals surface area contributed by atoms with Crippen molar-refractivity contribution in [3.63, 3.8) is 0 Å². The van der Waals surface area contributed by atoms with E-state index in [-0.39, 0.29) is 5.78 Å². The highest BCUT2D eigenvalue weighted by Crippen LogP contribution is 2.38. The van der Waals surface area contributed by atoms with Gasteiger partial charge in [-0.25, -0.2) is 0 Å². The molecule has 5 heteroatoms. The van der Waals surface area contributed by atoms with Crippen molar-refractivity contribution in [2.24, 2.45) is 0 Å². The Morgan fingerprint density at radius 1 is 0.962 bits per heavy atom. The molecule has 134 valence electrons. The highest BCUT2D eigenvalue weighted by atomic mass is 16.5. The Labute approximate surface area is 152 Å². The summed E-state index contributed by atoms with van der Waals surface area (Å²) in [7, 11) is 4.59. The van der Waals surface area contributed by atoms with Crippen LogP contribution in [0.4, 0.5) is 0 Å². The molecule has 1 aromatic heterocycles. The van der Waals surface area contributed by atoms with Gasteiger partial charge in [-0.15, -0.1) is 0 Å². The summed E-state index contributed by atoms with van der Waals surface area (Å²) >= 11 is 0. The van der Waals surface area contributed by atoms with Crippen LogP contribution < -0.4 is 14.2 Å². The average molecular weight is 351 g/mol. The van der Waals surface area contributed by atoms with E-state index < -0.39 is 0 Å². The number of hydrogen-bond donors (Lipinski definition) is 1. The molecule has 0 aliphatic rings. The molecule has 0 amide bonds. The molecule has 0 aliphatic carbocycles. The minimum atomic E-state index is -0.0987. The number of H-pyrrole nitrogens is 1. The molecule has 0 bridgehead atoms. The fraction of sp³-hybridized carbons (Fsp3) is 0.190. The first kappa shape index (κ1) is 17.6. The van der Waals surface area contributed by atoms with Crippen LogP contribution in [0, 0.1) is 0 Å². The van der Waals surface area contributed by atoms with Crippen LogP contribution in [0.2, 0.25) is 0 Å². The quantitative estimate of drug-likeness (QED) is 0.525. The Kier molecular flexibility index (Phi) is 4.98. The number of hydrogen-bond acceptors (Lipinski definition) is 4. The molecule has 0 radical (unpaired) electrons. The number of benzene rings is 2. The van der Waals surface area contributed by atoms with Crippen LogP contribution in [-0.2, 0) is 0 Å². The molecule has 3 rings (SSSR count). The van der Waals surface area contributed by atoms with E-state index >= 15 is 0 Å². The van der Waals surface area contributed by atoms with Crippen molar-refractivity contribution in [1.82, 2.24) is 4.98 Å². The van der Waals surface area contributed by atoms with Crippen molar-refractivity contribution in [3.05, 3.63) is 59.3 Å². The van der Waals surface area contributed by atoms with Crippen molar-refractivity contribution in [2.45, 2.75) is 6.92 Å². The second-order valence-electron chi connectivity index (χ2n) is 5.89. The number of carbonyl (C=O) groups excluding carboxylic acids is 1. The molecule has 0 aliphatic heterocycles. The van der Waals surface area contributed by atoms with Crippen LogP contribution in [0.25, 0.3) is 17.0 Å². The zero-order chi connectivity index (χ0) is 18.7. The van der Waals surface area contributed by atoms with Crippen LogP contribution in [0.1, 0.15) is 22.8 Å². The minimum absolute atomic E-state index is 0.0987. The largest absolute Gasteiger partial charge is 0.493 e. The fourth-order valence-corrected chi connectivity index (χ4v) is 2.92. The monoisotopic (exact) mass is 351 g/mol. The number of rotatable bonds is 6. The fourth-order valence-electron chi connectivity index (χ4n) is 2.92. The number of nitrogens with one attached hydrogen (secondary N) is 1. The Balaban J connectivity index is 1.97. The molecule has 0 spiro atoms. The summed E-state index contributed by atoms with van der Waals surface area (Å²) in [6, 6.07) is 11.3. The van der Waals surface area contributed by atoms with Gasteiger partial charge in [0.2, 0.25) is 5.75 Å². The molecule has 3 aromatic rings. The second kappa shape index (κ2) is 7.35. The van der Waals surface area contributed by atoms with Gasteiger partial charge < -0.3 is 19.2 Å². The molecule has 1 heterocycles. The lowest BCUT2D eigenvalue weighted by Gasteiger charge is -2.13. The van der Waals surface area contributed by atoms with Crippen molar-refractivity contribution in [1.29, 1.82) is 0 Å². The van der Waals surface area contributed by atoms with Crippen LogP contribution in [0.15, 0.2) is 48.2 Å². The van der Waals surface area contributed by atoms with Gasteiger partial charge in [0.25, 0.3) is 0 Å². The van der Waals surface area contributed by atoms with E-state index in [0.717, 1.165) is 16.5 Å². The molecule has 2 aromatic carbocycles. The number of Topliss-reactive ketones (excluding diaryl/α,β-unsaturated/α-hetero) is 1. The number of aromatic amines is 1. The van der Waals surface area contributed by atoms with Gasteiger partial charge in [-0.05, 0) is 59.9 Å². The number of methoxy groups -OCH3 is 3. The molecule has 1 N–H and O–H groups in total. The molecule has 0 saturated heterocycles. The topological polar surface area (TPSA) is 60.6 Å². The lowest BCUT2D eigenvalue weighted by atomic mass is 10.0. The summed E-state index contributed by atoms with van der Waals surface area (Å²) in [5, 5.41) is 1.10. The summed E-state index contributed by atoms with van der Waals surface area (Å²) in [6.45, 7) is 1.80. The Morgan fingerprint density at radius 3 is 2.27 bits per heavy atom. The highest BCUT2D eigenvalue weighted by Gasteiger charge is 2.17. The van der Waals surface area contributed by atoms with Crippen LogP contribution in [0.5, 0.6) is 17.2 Å². The molecule has 5 nitrogen and oxygen atoms in total. The van der Waals surface area contributed by atoms with Gasteiger partial charge in [-0.3, -0.25) is 4.79 Å². The van der Waals surface area contributed by atoms with Gasteiger partial charge in [0.05, 0.1) is 21.3 Å². The van der Waals surface area contributed by atoms with E-state index in [0.29, 0.717) is 28.4 Å². The first-order valence-corrected chi connectivity index (χ1v) is 8.17. The summed E-state index contributed by atoms with van der Waals surface area (Å²) < 4.78 is 16.0. The zero-order valence-electron chi connectivity index (χ0n) is 15.3. The third kappa shape index (κ3) is 3.28. The maximum absolute atomic E-state index is 12.9. The molecule has 26 heavy (non-hydrogen) atoms. The van der Waals surface area contributed by atoms with Crippen molar-refractivity contribution >= 4 is 22.8 Å². The number of carbonyl (C=O) groups is 1. The van der Waals surface area contributed by atoms with Crippen molar-refractivity contribution < 1.29 is 19.0 Å². The normalized spacial score (nSPS) is 11.5. The van der Waals surface area contributed by atoms with E-state index in [4.69, 9.17) is 14.2 Å². The zero-order valence-corrected chi connectivity index (χ0v) is 15.3. The van der Waals surface area contributed by atoms with Crippen molar-refractivity contribution in [3.8, 4) is 17.2 Å². The lowest BCUT2D eigenvalue weighted by molar-refractivity contribution is 0.103. The van der Waals surface area contributed by atoms with Crippen LogP contribution in [0.3, 0.4) is 0 Å². The van der Waals surface area contributed by atoms with E-state index in [9.17, 15) is 4.79 Å². The highest BCUT2D eigenvalue weighted by molar-refractivity contribution is 6.11. The predicted octanol–water partition coefficient (Wildman–Crippen LogP) is 4.48. The SMILES string of the molecule is COc1cc(C(=O)C(C)=Cc2ccc3[nH]ccc3c2)cc(OC)c1OC. The third-order valence-corrected chi connectivity index (χ3v) is 4.25. The van der Waals surface area contributed by atoms with Crippen LogP contribution in [-0.4, -0.2) is 32.1 Å². The maximum atomic E-state index is 12.9. The predicted molar refractivity (Wildman–Crippen MR) is 102 cm³/mol. The van der Waals surface area contributed by atoms with Gasteiger partial charge in [0.1, 0.15) is 0 Å². The molecule has 0 atom stereocenters. The maximum Gasteiger partial charge on any atom is 0.203 e. The minimum Gasteiger partial charge on any atom is -0.493 e. The molecule has 0 unspecified atom stereocenters. The lowest BCUT2D eigenvalue weighted by Crippen LogP contribution is -2.04. The van der Waals surface area contributed by atoms with Crippen LogP contribution >= 0.6 is 0 Å². The van der Waals surface area contributed by atoms with Gasteiger partial charge in [0, 0.05) is 17.3 Å². The number of ketones is 1. The standard InChI is InChI=1S/C21H21NO4/c1-13(9-14-5-6-17-15(10-14)7-8-22-17)20(23)16-11-18(24-2)21(26-4)19(12-16)25-3/h5-12,22H,1-4H3. The van der Waals surface area contributed by atoms with E-state index in [2.05, 4.69) is 4.98 Å². The number of ether oxygens (including phenoxy) is 3. The molecule has 0 saturated carbocycles. The Bertz CT molecular complexity index is 960. The summed E-state index contributed by atoms with van der Waals surface area (Å²) in [4.78, 5) is 16.0. The summed E-state index contributed by atoms with van der Waals surface area (Å²) in [6.07, 6.45) is 3.77. The number of allylic oxidation sites excluding steroid dienone is 1. The molecular weight excluding hydrogens is 330 g/mol. The molecular formula is C21H21NO4. The van der Waals surface area contributed by atoms with E-state index in [1.165, 1.54) is 21.3 Å². The second-order valence-corrected chi connectivity index (χ2v) is 5.89. The first-order valence-electron chi connectivity index (χ1n) is 8.17. The summed E-state index contributed by atoms with van der Waals surface area (Å²) in [5.74, 6) is 1.28. The van der Waals surface area contributed by atoms with Crippen molar-refractivity contribution in [2.75, 3.05) is 21.3 Å². The number of fused-ring (bicyclic) bond motifs is 1. The van der Waals surface area contributed by atoms with Gasteiger partial charge in [-0.2, -0.15) is 0 Å². The third-order valence-electron chi connectivity index (χ3n) is 4.25. The van der Waals surface area contributed by atoms with E-state index in [1.807, 2.05) is 36.5 Å².